The number of carbonyl (C=O) groups excluding carboxylic acids is 2. The van der Waals surface area contributed by atoms with E-state index in [0.29, 0.717) is 25.4 Å². The molecule has 1 saturated heterocycles. The number of carbonyl (C=O) groups is 2. The molecule has 150 valence electrons. The second-order valence-corrected chi connectivity index (χ2v) is 7.63. The van der Waals surface area contributed by atoms with Crippen molar-refractivity contribution < 1.29 is 14.3 Å². The predicted molar refractivity (Wildman–Crippen MR) is 110 cm³/mol. The van der Waals surface area contributed by atoms with E-state index in [2.05, 4.69) is 10.3 Å². The van der Waals surface area contributed by atoms with Crippen LogP contribution in [0.25, 0.3) is 0 Å². The number of rotatable bonds is 7. The van der Waals surface area contributed by atoms with Crippen LogP contribution in [0.2, 0.25) is 0 Å². The maximum Gasteiger partial charge on any atom is 0.322 e. The van der Waals surface area contributed by atoms with Crippen molar-refractivity contribution in [2.75, 3.05) is 38.7 Å². The molecule has 0 saturated carbocycles. The summed E-state index contributed by atoms with van der Waals surface area (Å²) >= 11 is 1.41. The monoisotopic (exact) mass is 402 g/mol. The SMILES string of the molecule is COCCN(Cc1nc(C(=O)N2CCCCC2)cs1)C(=O)Nc1ccccc1. The van der Waals surface area contributed by atoms with Crippen LogP contribution in [-0.2, 0) is 11.3 Å². The Balaban J connectivity index is 1.64. The smallest absolute Gasteiger partial charge is 0.322 e. The van der Waals surface area contributed by atoms with Gasteiger partial charge in [0, 0.05) is 37.8 Å². The summed E-state index contributed by atoms with van der Waals surface area (Å²) in [5, 5.41) is 5.41. The number of piperidine rings is 1. The Bertz CT molecular complexity index is 775. The highest BCUT2D eigenvalue weighted by atomic mass is 32.1. The molecule has 1 N–H and O–H groups in total. The molecule has 1 fully saturated rings. The largest absolute Gasteiger partial charge is 0.383 e. The van der Waals surface area contributed by atoms with Crippen LogP contribution in [0.1, 0.15) is 34.8 Å². The molecule has 0 radical (unpaired) electrons. The summed E-state index contributed by atoms with van der Waals surface area (Å²) in [6, 6.07) is 9.09. The Hall–Kier alpha value is -2.45. The van der Waals surface area contributed by atoms with Gasteiger partial charge in [-0.3, -0.25) is 4.79 Å². The lowest BCUT2D eigenvalue weighted by Crippen LogP contribution is -2.37. The van der Waals surface area contributed by atoms with Crippen molar-refractivity contribution in [3.63, 3.8) is 0 Å². The number of urea groups is 1. The molecule has 8 heteroatoms. The zero-order valence-corrected chi connectivity index (χ0v) is 16.9. The van der Waals surface area contributed by atoms with E-state index in [-0.39, 0.29) is 11.9 Å². The standard InChI is InChI=1S/C20H26N4O3S/c1-27-13-12-24(20(26)21-16-8-4-2-5-9-16)14-18-22-17(15-28-18)19(25)23-10-6-3-7-11-23/h2,4-5,8-9,15H,3,6-7,10-14H2,1H3,(H,21,26). The van der Waals surface area contributed by atoms with E-state index in [4.69, 9.17) is 4.74 Å². The van der Waals surface area contributed by atoms with Gasteiger partial charge in [0.2, 0.25) is 0 Å². The van der Waals surface area contributed by atoms with Crippen LogP contribution in [0.3, 0.4) is 0 Å². The number of anilines is 1. The van der Waals surface area contributed by atoms with Crippen molar-refractivity contribution in [1.82, 2.24) is 14.8 Å². The van der Waals surface area contributed by atoms with E-state index >= 15 is 0 Å². The van der Waals surface area contributed by atoms with Crippen LogP contribution < -0.4 is 5.32 Å². The first-order valence-electron chi connectivity index (χ1n) is 9.51. The summed E-state index contributed by atoms with van der Waals surface area (Å²) < 4.78 is 5.13. The van der Waals surface area contributed by atoms with Gasteiger partial charge in [-0.05, 0) is 31.4 Å². The highest BCUT2D eigenvalue weighted by molar-refractivity contribution is 7.09. The number of thiazole rings is 1. The number of methoxy groups -OCH3 is 1. The summed E-state index contributed by atoms with van der Waals surface area (Å²) in [6.07, 6.45) is 3.28. The highest BCUT2D eigenvalue weighted by Crippen LogP contribution is 2.18. The number of benzene rings is 1. The van der Waals surface area contributed by atoms with Gasteiger partial charge in [0.1, 0.15) is 10.7 Å². The highest BCUT2D eigenvalue weighted by Gasteiger charge is 2.22. The third kappa shape index (κ3) is 5.53. The Morgan fingerprint density at radius 2 is 1.96 bits per heavy atom. The Kier molecular flexibility index (Phi) is 7.39. The summed E-state index contributed by atoms with van der Waals surface area (Å²) in [7, 11) is 1.60. The average molecular weight is 403 g/mol. The molecule has 7 nitrogen and oxygen atoms in total. The summed E-state index contributed by atoms with van der Waals surface area (Å²) in [5.41, 5.74) is 1.20. The van der Waals surface area contributed by atoms with Crippen LogP contribution in [0.15, 0.2) is 35.7 Å². The zero-order valence-electron chi connectivity index (χ0n) is 16.1. The normalized spacial score (nSPS) is 14.0. The third-order valence-corrected chi connectivity index (χ3v) is 5.45. The number of hydrogen-bond acceptors (Lipinski definition) is 5. The molecule has 1 aliphatic heterocycles. The predicted octanol–water partition coefficient (Wildman–Crippen LogP) is 3.45. The second kappa shape index (κ2) is 10.2. The van der Waals surface area contributed by atoms with Crippen molar-refractivity contribution in [1.29, 1.82) is 0 Å². The second-order valence-electron chi connectivity index (χ2n) is 6.69. The van der Waals surface area contributed by atoms with Gasteiger partial charge >= 0.3 is 6.03 Å². The topological polar surface area (TPSA) is 74.8 Å². The molecule has 0 unspecified atom stereocenters. The number of nitrogens with one attached hydrogen (secondary N) is 1. The quantitative estimate of drug-likeness (QED) is 0.770. The molecule has 0 aliphatic carbocycles. The molecule has 1 aromatic carbocycles. The average Bonchev–Trinajstić information content (AvgIpc) is 3.20. The summed E-state index contributed by atoms with van der Waals surface area (Å²) in [5.74, 6) is -0.0145. The van der Waals surface area contributed by atoms with Crippen molar-refractivity contribution >= 4 is 29.0 Å². The van der Waals surface area contributed by atoms with E-state index < -0.39 is 0 Å². The first-order chi connectivity index (χ1) is 13.7. The van der Waals surface area contributed by atoms with Crippen LogP contribution in [-0.4, -0.2) is 60.1 Å². The zero-order chi connectivity index (χ0) is 19.8. The third-order valence-electron chi connectivity index (χ3n) is 4.62. The molecule has 3 rings (SSSR count). The molecule has 0 atom stereocenters. The van der Waals surface area contributed by atoms with Crippen molar-refractivity contribution in [2.24, 2.45) is 0 Å². The summed E-state index contributed by atoms with van der Waals surface area (Å²) in [6.45, 7) is 2.79. The number of nitrogens with zero attached hydrogens (tertiary/aromatic N) is 3. The number of aromatic nitrogens is 1. The van der Waals surface area contributed by atoms with Crippen molar-refractivity contribution in [3.8, 4) is 0 Å². The lowest BCUT2D eigenvalue weighted by Gasteiger charge is -2.25. The minimum atomic E-state index is -0.220. The van der Waals surface area contributed by atoms with Crippen molar-refractivity contribution in [3.05, 3.63) is 46.4 Å². The summed E-state index contributed by atoms with van der Waals surface area (Å²) in [4.78, 5) is 33.3. The van der Waals surface area contributed by atoms with Crippen LogP contribution in [0, 0.1) is 0 Å². The van der Waals surface area contributed by atoms with Gasteiger partial charge in [0.05, 0.1) is 13.2 Å². The van der Waals surface area contributed by atoms with Gasteiger partial charge in [0.25, 0.3) is 5.91 Å². The molecule has 2 heterocycles. The van der Waals surface area contributed by atoms with E-state index in [9.17, 15) is 9.59 Å². The van der Waals surface area contributed by atoms with Gasteiger partial charge in [-0.2, -0.15) is 0 Å². The molecule has 2 aromatic rings. The van der Waals surface area contributed by atoms with Crippen LogP contribution in [0.4, 0.5) is 10.5 Å². The van der Waals surface area contributed by atoms with Gasteiger partial charge in [0.15, 0.2) is 0 Å². The fourth-order valence-corrected chi connectivity index (χ4v) is 3.86. The first-order valence-corrected chi connectivity index (χ1v) is 10.4. The first kappa shape index (κ1) is 20.3. The van der Waals surface area contributed by atoms with E-state index in [1.54, 1.807) is 17.4 Å². The van der Waals surface area contributed by atoms with E-state index in [1.807, 2.05) is 35.2 Å². The van der Waals surface area contributed by atoms with Gasteiger partial charge in [-0.15, -0.1) is 11.3 Å². The Labute approximate surface area is 169 Å². The molecule has 0 spiro atoms. The molecule has 28 heavy (non-hydrogen) atoms. The number of para-hydroxylation sites is 1. The number of hydrogen-bond donors (Lipinski definition) is 1. The lowest BCUT2D eigenvalue weighted by atomic mass is 10.1. The fourth-order valence-electron chi connectivity index (χ4n) is 3.08. The number of ether oxygens (including phenoxy) is 1. The van der Waals surface area contributed by atoms with E-state index in [0.717, 1.165) is 36.6 Å². The number of amides is 3. The maximum atomic E-state index is 12.7. The fraction of sp³-hybridized carbons (Fsp3) is 0.450. The van der Waals surface area contributed by atoms with Gasteiger partial charge in [-0.25, -0.2) is 9.78 Å². The minimum absolute atomic E-state index is 0.0145. The maximum absolute atomic E-state index is 12.7. The molecule has 1 aromatic heterocycles. The van der Waals surface area contributed by atoms with Crippen LogP contribution in [0.5, 0.6) is 0 Å². The van der Waals surface area contributed by atoms with Crippen molar-refractivity contribution in [2.45, 2.75) is 25.8 Å². The molecule has 1 aliphatic rings. The van der Waals surface area contributed by atoms with E-state index in [1.165, 1.54) is 17.8 Å². The molecular formula is C20H26N4O3S. The minimum Gasteiger partial charge on any atom is -0.383 e. The molecule has 3 amide bonds. The van der Waals surface area contributed by atoms with Gasteiger partial charge < -0.3 is 19.9 Å². The lowest BCUT2D eigenvalue weighted by molar-refractivity contribution is 0.0719. The van der Waals surface area contributed by atoms with Gasteiger partial charge in [-0.1, -0.05) is 18.2 Å². The molecular weight excluding hydrogens is 376 g/mol. The Morgan fingerprint density at radius 3 is 2.68 bits per heavy atom. The molecule has 0 bridgehead atoms. The Morgan fingerprint density at radius 1 is 1.21 bits per heavy atom. The number of likely N-dealkylation sites (tertiary alicyclic amines) is 1. The van der Waals surface area contributed by atoms with Crippen LogP contribution >= 0.6 is 11.3 Å².